The van der Waals surface area contributed by atoms with Gasteiger partial charge in [0.25, 0.3) is 5.91 Å². The van der Waals surface area contributed by atoms with Crippen LogP contribution in [-0.2, 0) is 9.59 Å². The van der Waals surface area contributed by atoms with E-state index >= 15 is 0 Å². The maximum absolute atomic E-state index is 13.2. The fraction of sp³-hybridized carbons (Fsp3) is 0.500. The van der Waals surface area contributed by atoms with Crippen LogP contribution in [0.25, 0.3) is 0 Å². The third kappa shape index (κ3) is 6.63. The molecule has 0 radical (unpaired) electrons. The first-order chi connectivity index (χ1) is 12.6. The number of halogens is 2. The quantitative estimate of drug-likeness (QED) is 0.291. The van der Waals surface area contributed by atoms with Crippen molar-refractivity contribution in [3.05, 3.63) is 30.3 Å². The zero-order valence-electron chi connectivity index (χ0n) is 15.8. The fourth-order valence-corrected chi connectivity index (χ4v) is 3.09. The van der Waals surface area contributed by atoms with Gasteiger partial charge in [0.2, 0.25) is 11.9 Å². The Morgan fingerprint density at radius 2 is 1.86 bits per heavy atom. The standard InChI is InChI=1S/C18H28N6O2.2ClH/c19-10-4-5-11-22-18(21)24(14-7-2-1-3-8-14)17(26)15-9-6-12-23(15)16(25)13-20;;/h1-3,7-8,15H,4-6,9-13,19-20H2,(H2,21,22);2*1H/t15-;;/m0../s1. The zero-order valence-corrected chi connectivity index (χ0v) is 17.4. The molecule has 2 rings (SSSR count). The maximum atomic E-state index is 13.2. The first-order valence-electron chi connectivity index (χ1n) is 9.01. The van der Waals surface area contributed by atoms with E-state index in [1.54, 1.807) is 12.1 Å². The number of rotatable bonds is 7. The van der Waals surface area contributed by atoms with Crippen molar-refractivity contribution in [1.82, 2.24) is 10.2 Å². The van der Waals surface area contributed by atoms with Crippen LogP contribution in [0, 0.1) is 5.41 Å². The zero-order chi connectivity index (χ0) is 18.9. The summed E-state index contributed by atoms with van der Waals surface area (Å²) < 4.78 is 0. The van der Waals surface area contributed by atoms with E-state index in [9.17, 15) is 9.59 Å². The average Bonchev–Trinajstić information content (AvgIpc) is 3.15. The third-order valence-electron chi connectivity index (χ3n) is 4.41. The second-order valence-corrected chi connectivity index (χ2v) is 6.23. The molecule has 8 nitrogen and oxygen atoms in total. The average molecular weight is 433 g/mol. The molecule has 0 bridgehead atoms. The Bertz CT molecular complexity index is 632. The maximum Gasteiger partial charge on any atom is 0.256 e. The molecule has 0 saturated carbocycles. The van der Waals surface area contributed by atoms with Gasteiger partial charge < -0.3 is 21.7 Å². The lowest BCUT2D eigenvalue weighted by Crippen LogP contribution is -2.54. The van der Waals surface area contributed by atoms with Crippen molar-refractivity contribution >= 4 is 48.3 Å². The normalized spacial score (nSPS) is 15.2. The number of nitrogens with one attached hydrogen (secondary N) is 2. The summed E-state index contributed by atoms with van der Waals surface area (Å²) in [6.45, 7) is 1.55. The second kappa shape index (κ2) is 13.3. The van der Waals surface area contributed by atoms with Crippen molar-refractivity contribution in [2.75, 3.05) is 31.1 Å². The highest BCUT2D eigenvalue weighted by Gasteiger charge is 2.37. The topological polar surface area (TPSA) is 129 Å². The number of carbonyl (C=O) groups excluding carboxylic acids is 2. The first-order valence-corrected chi connectivity index (χ1v) is 9.01. The van der Waals surface area contributed by atoms with Gasteiger partial charge in [0.1, 0.15) is 6.04 Å². The van der Waals surface area contributed by atoms with Gasteiger partial charge in [-0.05, 0) is 44.4 Å². The van der Waals surface area contributed by atoms with Gasteiger partial charge in [-0.2, -0.15) is 0 Å². The highest BCUT2D eigenvalue weighted by Crippen LogP contribution is 2.23. The first kappa shape index (κ1) is 26.1. The molecule has 6 N–H and O–H groups in total. The summed E-state index contributed by atoms with van der Waals surface area (Å²) in [7, 11) is 0. The molecule has 1 fully saturated rings. The predicted octanol–water partition coefficient (Wildman–Crippen LogP) is 1.08. The highest BCUT2D eigenvalue weighted by molar-refractivity contribution is 6.17. The highest BCUT2D eigenvalue weighted by atomic mass is 35.5. The summed E-state index contributed by atoms with van der Waals surface area (Å²) in [5.74, 6) is -0.520. The number of amides is 2. The Morgan fingerprint density at radius 1 is 1.18 bits per heavy atom. The van der Waals surface area contributed by atoms with Crippen molar-refractivity contribution in [3.8, 4) is 0 Å². The molecule has 1 aliphatic rings. The van der Waals surface area contributed by atoms with E-state index in [4.69, 9.17) is 16.9 Å². The Labute approximate surface area is 178 Å². The number of guanidine groups is 1. The number of nitrogens with zero attached hydrogens (tertiary/aromatic N) is 2. The third-order valence-corrected chi connectivity index (χ3v) is 4.41. The minimum atomic E-state index is -0.586. The van der Waals surface area contributed by atoms with Gasteiger partial charge in [-0.1, -0.05) is 18.2 Å². The van der Waals surface area contributed by atoms with E-state index < -0.39 is 6.04 Å². The molecule has 1 heterocycles. The van der Waals surface area contributed by atoms with Gasteiger partial charge in [-0.15, -0.1) is 24.8 Å². The Balaban J connectivity index is 0.00000364. The summed E-state index contributed by atoms with van der Waals surface area (Å²) >= 11 is 0. The molecule has 1 aromatic rings. The van der Waals surface area contributed by atoms with E-state index in [1.165, 1.54) is 9.80 Å². The van der Waals surface area contributed by atoms with Crippen LogP contribution in [-0.4, -0.2) is 54.9 Å². The Morgan fingerprint density at radius 3 is 2.46 bits per heavy atom. The summed E-state index contributed by atoms with van der Waals surface area (Å²) in [5, 5.41) is 11.3. The van der Waals surface area contributed by atoms with Crippen molar-refractivity contribution in [1.29, 1.82) is 5.41 Å². The van der Waals surface area contributed by atoms with Gasteiger partial charge in [0, 0.05) is 13.1 Å². The number of hydrogen-bond donors (Lipinski definition) is 4. The number of carbonyl (C=O) groups is 2. The second-order valence-electron chi connectivity index (χ2n) is 6.23. The number of para-hydroxylation sites is 1. The van der Waals surface area contributed by atoms with E-state index in [0.29, 0.717) is 31.7 Å². The molecule has 28 heavy (non-hydrogen) atoms. The van der Waals surface area contributed by atoms with E-state index in [1.807, 2.05) is 18.2 Å². The lowest BCUT2D eigenvalue weighted by atomic mass is 10.1. The van der Waals surface area contributed by atoms with Gasteiger partial charge in [-0.25, -0.2) is 4.90 Å². The van der Waals surface area contributed by atoms with Crippen LogP contribution in [0.3, 0.4) is 0 Å². The lowest BCUT2D eigenvalue weighted by molar-refractivity contribution is -0.136. The largest absolute Gasteiger partial charge is 0.356 e. The van der Waals surface area contributed by atoms with Crippen LogP contribution in [0.1, 0.15) is 25.7 Å². The Kier molecular flexibility index (Phi) is 12.4. The number of benzene rings is 1. The summed E-state index contributed by atoms with van der Waals surface area (Å²) in [5.41, 5.74) is 11.6. The van der Waals surface area contributed by atoms with Crippen molar-refractivity contribution in [2.24, 2.45) is 11.5 Å². The molecule has 1 aliphatic heterocycles. The number of anilines is 1. The molecule has 2 amide bonds. The molecule has 0 spiro atoms. The Hall–Kier alpha value is -1.87. The van der Waals surface area contributed by atoms with E-state index in [0.717, 1.165) is 19.3 Å². The van der Waals surface area contributed by atoms with Crippen LogP contribution in [0.5, 0.6) is 0 Å². The molecule has 0 aromatic heterocycles. The van der Waals surface area contributed by atoms with Gasteiger partial charge in [-0.3, -0.25) is 15.0 Å². The van der Waals surface area contributed by atoms with Gasteiger partial charge in [0.15, 0.2) is 0 Å². The number of nitrogens with two attached hydrogens (primary N) is 2. The molecule has 1 atom stereocenters. The molecule has 0 unspecified atom stereocenters. The molecular formula is C18H30Cl2N6O2. The van der Waals surface area contributed by atoms with Gasteiger partial charge >= 0.3 is 0 Å². The van der Waals surface area contributed by atoms with Crippen molar-refractivity contribution in [3.63, 3.8) is 0 Å². The minimum Gasteiger partial charge on any atom is -0.356 e. The SMILES string of the molecule is Cl.Cl.N=C(NCCCCN)N(C(=O)[C@@H]1CCCN1C(=O)CN)c1ccccc1. The molecule has 10 heteroatoms. The molecule has 1 saturated heterocycles. The summed E-state index contributed by atoms with van der Waals surface area (Å²) in [4.78, 5) is 28.1. The lowest BCUT2D eigenvalue weighted by Gasteiger charge is -2.30. The molecule has 0 aliphatic carbocycles. The van der Waals surface area contributed by atoms with Crippen LogP contribution < -0.4 is 21.7 Å². The van der Waals surface area contributed by atoms with E-state index in [-0.39, 0.29) is 49.1 Å². The monoisotopic (exact) mass is 432 g/mol. The van der Waals surface area contributed by atoms with Crippen molar-refractivity contribution in [2.45, 2.75) is 31.7 Å². The molecular weight excluding hydrogens is 403 g/mol. The summed E-state index contributed by atoms with van der Waals surface area (Å²) in [6, 6.07) is 8.45. The number of hydrogen-bond acceptors (Lipinski definition) is 5. The molecule has 1 aromatic carbocycles. The van der Waals surface area contributed by atoms with Crippen LogP contribution in [0.2, 0.25) is 0 Å². The molecule has 158 valence electrons. The smallest absolute Gasteiger partial charge is 0.256 e. The number of likely N-dealkylation sites (tertiary alicyclic amines) is 1. The summed E-state index contributed by atoms with van der Waals surface area (Å²) in [6.07, 6.45) is 2.99. The van der Waals surface area contributed by atoms with E-state index in [2.05, 4.69) is 5.32 Å². The number of unbranched alkanes of at least 4 members (excludes halogenated alkanes) is 1. The van der Waals surface area contributed by atoms with Crippen molar-refractivity contribution < 1.29 is 9.59 Å². The van der Waals surface area contributed by atoms with Crippen LogP contribution in [0.15, 0.2) is 30.3 Å². The predicted molar refractivity (Wildman–Crippen MR) is 116 cm³/mol. The van der Waals surface area contributed by atoms with Gasteiger partial charge in [0.05, 0.1) is 12.2 Å². The van der Waals surface area contributed by atoms with Crippen LogP contribution in [0.4, 0.5) is 5.69 Å². The minimum absolute atomic E-state index is 0. The fourth-order valence-electron chi connectivity index (χ4n) is 3.09. The van der Waals surface area contributed by atoms with Crippen LogP contribution >= 0.6 is 24.8 Å².